The van der Waals surface area contributed by atoms with Crippen LogP contribution < -0.4 is 5.32 Å². The predicted octanol–water partition coefficient (Wildman–Crippen LogP) is 1.57. The third-order valence-electron chi connectivity index (χ3n) is 4.18. The second kappa shape index (κ2) is 7.65. The van der Waals surface area contributed by atoms with E-state index in [1.165, 1.54) is 12.8 Å². The third kappa shape index (κ3) is 4.62. The third-order valence-corrected chi connectivity index (χ3v) is 4.18. The Balaban J connectivity index is 1.65. The van der Waals surface area contributed by atoms with Crippen LogP contribution in [0, 0.1) is 5.92 Å². The van der Waals surface area contributed by atoms with Crippen molar-refractivity contribution in [1.82, 2.24) is 10.2 Å². The molecular weight excluding hydrogens is 240 g/mol. The van der Waals surface area contributed by atoms with Crippen molar-refractivity contribution >= 4 is 5.91 Å². The number of carbonyl (C=O) groups excluding carboxylic acids is 1. The Bertz CT molecular complexity index is 317. The molecule has 1 fully saturated rings. The molecule has 2 rings (SSSR count). The van der Waals surface area contributed by atoms with E-state index in [0.29, 0.717) is 18.4 Å². The number of nitrogens with one attached hydrogen (secondary N) is 1. The maximum Gasteiger partial charge on any atom is 0.220 e. The summed E-state index contributed by atoms with van der Waals surface area (Å²) in [5, 5.41) is 3.10. The number of ether oxygens (including phenoxy) is 1. The van der Waals surface area contributed by atoms with Gasteiger partial charge < -0.3 is 10.1 Å². The van der Waals surface area contributed by atoms with Crippen LogP contribution in [0.2, 0.25) is 0 Å². The van der Waals surface area contributed by atoms with E-state index in [1.54, 1.807) is 7.11 Å². The smallest absolute Gasteiger partial charge is 0.220 e. The highest BCUT2D eigenvalue weighted by Gasteiger charge is 2.24. The Kier molecular flexibility index (Phi) is 5.86. The second-order valence-corrected chi connectivity index (χ2v) is 5.60. The molecule has 2 atom stereocenters. The highest BCUT2D eigenvalue weighted by Crippen LogP contribution is 2.20. The topological polar surface area (TPSA) is 41.6 Å². The zero-order valence-corrected chi connectivity index (χ0v) is 11.9. The maximum absolute atomic E-state index is 11.9. The van der Waals surface area contributed by atoms with Gasteiger partial charge in [-0.15, -0.1) is 0 Å². The SMILES string of the molecule is COCCN1CCC[C@H]1CNC(=O)C[C@H]1C=CCC1. The predicted molar refractivity (Wildman–Crippen MR) is 76.0 cm³/mol. The van der Waals surface area contributed by atoms with E-state index in [2.05, 4.69) is 22.4 Å². The molecule has 0 saturated carbocycles. The fraction of sp³-hybridized carbons (Fsp3) is 0.800. The number of methoxy groups -OCH3 is 1. The van der Waals surface area contributed by atoms with Gasteiger partial charge in [-0.05, 0) is 38.1 Å². The van der Waals surface area contributed by atoms with Crippen LogP contribution in [-0.2, 0) is 9.53 Å². The Hall–Kier alpha value is -0.870. The number of carbonyl (C=O) groups is 1. The number of amides is 1. The van der Waals surface area contributed by atoms with Crippen LogP contribution in [0.3, 0.4) is 0 Å². The minimum atomic E-state index is 0.204. The summed E-state index contributed by atoms with van der Waals surface area (Å²) in [6, 6.07) is 0.498. The number of hydrogen-bond acceptors (Lipinski definition) is 3. The lowest BCUT2D eigenvalue weighted by Gasteiger charge is -2.24. The first-order valence-electron chi connectivity index (χ1n) is 7.46. The van der Waals surface area contributed by atoms with E-state index in [1.807, 2.05) is 0 Å². The Morgan fingerprint density at radius 3 is 3.11 bits per heavy atom. The molecule has 1 heterocycles. The van der Waals surface area contributed by atoms with Crippen molar-refractivity contribution < 1.29 is 9.53 Å². The summed E-state index contributed by atoms with van der Waals surface area (Å²) in [5.74, 6) is 0.670. The number of hydrogen-bond donors (Lipinski definition) is 1. The molecular formula is C15H26N2O2. The van der Waals surface area contributed by atoms with Crippen LogP contribution in [0.15, 0.2) is 12.2 Å². The zero-order chi connectivity index (χ0) is 13.5. The molecule has 0 aromatic heterocycles. The fourth-order valence-electron chi connectivity index (χ4n) is 3.04. The van der Waals surface area contributed by atoms with Crippen molar-refractivity contribution in [2.75, 3.05) is 33.4 Å². The van der Waals surface area contributed by atoms with Gasteiger partial charge in [-0.25, -0.2) is 0 Å². The Labute approximate surface area is 116 Å². The van der Waals surface area contributed by atoms with Crippen molar-refractivity contribution in [2.24, 2.45) is 5.92 Å². The highest BCUT2D eigenvalue weighted by molar-refractivity contribution is 5.76. The summed E-state index contributed by atoms with van der Waals surface area (Å²) in [4.78, 5) is 14.3. The molecule has 4 nitrogen and oxygen atoms in total. The van der Waals surface area contributed by atoms with E-state index >= 15 is 0 Å². The van der Waals surface area contributed by atoms with E-state index < -0.39 is 0 Å². The van der Waals surface area contributed by atoms with Gasteiger partial charge in [-0.3, -0.25) is 9.69 Å². The summed E-state index contributed by atoms with van der Waals surface area (Å²) in [5.41, 5.74) is 0. The molecule has 2 aliphatic rings. The minimum absolute atomic E-state index is 0.204. The lowest BCUT2D eigenvalue weighted by Crippen LogP contribution is -2.41. The highest BCUT2D eigenvalue weighted by atomic mass is 16.5. The van der Waals surface area contributed by atoms with Crippen LogP contribution in [0.1, 0.15) is 32.1 Å². The van der Waals surface area contributed by atoms with E-state index in [-0.39, 0.29) is 5.91 Å². The van der Waals surface area contributed by atoms with Crippen LogP contribution in [-0.4, -0.2) is 50.2 Å². The molecule has 1 N–H and O–H groups in total. The van der Waals surface area contributed by atoms with Gasteiger partial charge in [0.05, 0.1) is 6.61 Å². The molecule has 0 bridgehead atoms. The molecule has 0 unspecified atom stereocenters. The van der Waals surface area contributed by atoms with Crippen LogP contribution in [0.5, 0.6) is 0 Å². The maximum atomic E-state index is 11.9. The molecule has 0 radical (unpaired) electrons. The summed E-state index contributed by atoms with van der Waals surface area (Å²) >= 11 is 0. The molecule has 1 aliphatic heterocycles. The first-order chi connectivity index (χ1) is 9.29. The Morgan fingerprint density at radius 1 is 1.47 bits per heavy atom. The molecule has 4 heteroatoms. The first kappa shape index (κ1) is 14.5. The summed E-state index contributed by atoms with van der Waals surface area (Å²) < 4.78 is 5.13. The Morgan fingerprint density at radius 2 is 2.37 bits per heavy atom. The molecule has 108 valence electrons. The lowest BCUT2D eigenvalue weighted by atomic mass is 10.0. The lowest BCUT2D eigenvalue weighted by molar-refractivity contribution is -0.121. The van der Waals surface area contributed by atoms with E-state index in [0.717, 1.165) is 39.1 Å². The summed E-state index contributed by atoms with van der Waals surface area (Å²) in [7, 11) is 1.74. The molecule has 1 saturated heterocycles. The number of nitrogens with zero attached hydrogens (tertiary/aromatic N) is 1. The van der Waals surface area contributed by atoms with Gasteiger partial charge in [-0.2, -0.15) is 0 Å². The van der Waals surface area contributed by atoms with Crippen molar-refractivity contribution in [3.05, 3.63) is 12.2 Å². The average molecular weight is 266 g/mol. The normalized spacial score (nSPS) is 27.0. The second-order valence-electron chi connectivity index (χ2n) is 5.60. The number of allylic oxidation sites excluding steroid dienone is 2. The van der Waals surface area contributed by atoms with Gasteiger partial charge in [0.1, 0.15) is 0 Å². The molecule has 1 amide bonds. The molecule has 0 spiro atoms. The summed E-state index contributed by atoms with van der Waals surface area (Å²) in [6.45, 7) is 3.67. The zero-order valence-electron chi connectivity index (χ0n) is 11.9. The molecule has 19 heavy (non-hydrogen) atoms. The van der Waals surface area contributed by atoms with Crippen molar-refractivity contribution in [3.63, 3.8) is 0 Å². The van der Waals surface area contributed by atoms with Crippen molar-refractivity contribution in [3.8, 4) is 0 Å². The van der Waals surface area contributed by atoms with Gasteiger partial charge in [0.15, 0.2) is 0 Å². The van der Waals surface area contributed by atoms with Crippen molar-refractivity contribution in [1.29, 1.82) is 0 Å². The number of likely N-dealkylation sites (tertiary alicyclic amines) is 1. The molecule has 1 aliphatic carbocycles. The minimum Gasteiger partial charge on any atom is -0.383 e. The largest absolute Gasteiger partial charge is 0.383 e. The first-order valence-corrected chi connectivity index (χ1v) is 7.46. The average Bonchev–Trinajstić information content (AvgIpc) is 3.05. The standard InChI is InChI=1S/C15H26N2O2/c1-19-10-9-17-8-4-7-14(17)12-16-15(18)11-13-5-2-3-6-13/h2,5,13-14H,3-4,6-12H2,1H3,(H,16,18)/t13-,14-/m0/s1. The van der Waals surface area contributed by atoms with Gasteiger partial charge in [0.2, 0.25) is 5.91 Å². The van der Waals surface area contributed by atoms with Crippen molar-refractivity contribution in [2.45, 2.75) is 38.1 Å². The monoisotopic (exact) mass is 266 g/mol. The van der Waals surface area contributed by atoms with Gasteiger partial charge in [0, 0.05) is 32.7 Å². The van der Waals surface area contributed by atoms with Gasteiger partial charge in [0.25, 0.3) is 0 Å². The molecule has 0 aromatic carbocycles. The van der Waals surface area contributed by atoms with Crippen LogP contribution >= 0.6 is 0 Å². The van der Waals surface area contributed by atoms with E-state index in [4.69, 9.17) is 4.74 Å². The quantitative estimate of drug-likeness (QED) is 0.711. The number of rotatable bonds is 7. The van der Waals surface area contributed by atoms with Gasteiger partial charge >= 0.3 is 0 Å². The van der Waals surface area contributed by atoms with Crippen LogP contribution in [0.4, 0.5) is 0 Å². The van der Waals surface area contributed by atoms with E-state index in [9.17, 15) is 4.79 Å². The summed E-state index contributed by atoms with van der Waals surface area (Å²) in [6.07, 6.45) is 9.70. The van der Waals surface area contributed by atoms with Crippen LogP contribution in [0.25, 0.3) is 0 Å². The van der Waals surface area contributed by atoms with Gasteiger partial charge in [-0.1, -0.05) is 12.2 Å². The molecule has 0 aromatic rings. The fourth-order valence-corrected chi connectivity index (χ4v) is 3.04.